The van der Waals surface area contributed by atoms with Gasteiger partial charge in [0.25, 0.3) is 0 Å². The first-order valence-corrected chi connectivity index (χ1v) is 10.7. The van der Waals surface area contributed by atoms with Crippen molar-refractivity contribution in [3.63, 3.8) is 0 Å². The number of nitriles is 2. The minimum atomic E-state index is 0.0223. The summed E-state index contributed by atoms with van der Waals surface area (Å²) in [6.07, 6.45) is 11.4. The second kappa shape index (κ2) is 8.92. The highest BCUT2D eigenvalue weighted by molar-refractivity contribution is 5.42. The second-order valence-electron chi connectivity index (χ2n) is 8.55. The largest absolute Gasteiger partial charge is 0.375 e. The molecule has 1 spiro atoms. The predicted molar refractivity (Wildman–Crippen MR) is 112 cm³/mol. The monoisotopic (exact) mass is 401 g/mol. The summed E-state index contributed by atoms with van der Waals surface area (Å²) >= 11 is 0. The summed E-state index contributed by atoms with van der Waals surface area (Å²) in [6.45, 7) is 2.25. The molecule has 0 bridgehead atoms. The topological polar surface area (TPSA) is 94.6 Å². The minimum absolute atomic E-state index is 0.0223. The Bertz CT molecular complexity index is 956. The van der Waals surface area contributed by atoms with E-state index in [1.54, 1.807) is 12.3 Å². The lowest BCUT2D eigenvalue weighted by Crippen LogP contribution is -2.47. The van der Waals surface area contributed by atoms with Crippen LogP contribution in [0.5, 0.6) is 0 Å². The van der Waals surface area contributed by atoms with Gasteiger partial charge in [-0.15, -0.1) is 0 Å². The molecule has 6 nitrogen and oxygen atoms in total. The fourth-order valence-corrected chi connectivity index (χ4v) is 5.14. The van der Waals surface area contributed by atoms with Crippen molar-refractivity contribution in [2.24, 2.45) is 0 Å². The number of rotatable bonds is 6. The molecule has 1 aliphatic heterocycles. The standard InChI is InChI=1S/C24H27N5O/c25-14-20-13-19(17-29-21(20)15-26)16-27-11-8-23(22-5-1-4-10-28-22)9-12-30-24(18-23)6-2-3-7-24/h1,4-5,10,13,17,27H,2-3,6-9,11-12,16,18H2/t23-/m1/s1. The molecule has 0 radical (unpaired) electrons. The molecular weight excluding hydrogens is 374 g/mol. The summed E-state index contributed by atoms with van der Waals surface area (Å²) < 4.78 is 6.31. The van der Waals surface area contributed by atoms with E-state index in [2.05, 4.69) is 22.4 Å². The van der Waals surface area contributed by atoms with Crippen LogP contribution in [0.2, 0.25) is 0 Å². The van der Waals surface area contributed by atoms with Gasteiger partial charge in [-0.2, -0.15) is 10.5 Å². The van der Waals surface area contributed by atoms with Crippen molar-refractivity contribution in [2.45, 2.75) is 62.5 Å². The maximum Gasteiger partial charge on any atom is 0.158 e. The molecule has 1 atom stereocenters. The van der Waals surface area contributed by atoms with Gasteiger partial charge in [-0.1, -0.05) is 18.9 Å². The van der Waals surface area contributed by atoms with Crippen LogP contribution in [0.3, 0.4) is 0 Å². The molecule has 2 aromatic rings. The average Bonchev–Trinajstić information content (AvgIpc) is 3.24. The lowest BCUT2D eigenvalue weighted by molar-refractivity contribution is -0.104. The number of hydrogen-bond donors (Lipinski definition) is 1. The van der Waals surface area contributed by atoms with Crippen LogP contribution in [0.25, 0.3) is 0 Å². The molecule has 3 heterocycles. The number of nitrogens with zero attached hydrogens (tertiary/aromatic N) is 4. The van der Waals surface area contributed by atoms with Crippen molar-refractivity contribution < 1.29 is 4.74 Å². The third-order valence-corrected chi connectivity index (χ3v) is 6.65. The molecule has 1 saturated carbocycles. The Morgan fingerprint density at radius 1 is 1.10 bits per heavy atom. The predicted octanol–water partition coefficient (Wildman–Crippen LogP) is 3.76. The van der Waals surface area contributed by atoms with E-state index in [1.807, 2.05) is 24.4 Å². The van der Waals surface area contributed by atoms with Crippen LogP contribution < -0.4 is 5.32 Å². The number of pyridine rings is 2. The van der Waals surface area contributed by atoms with E-state index in [4.69, 9.17) is 15.0 Å². The van der Waals surface area contributed by atoms with Crippen LogP contribution in [0.1, 0.15) is 67.5 Å². The van der Waals surface area contributed by atoms with Gasteiger partial charge < -0.3 is 10.1 Å². The SMILES string of the molecule is N#Cc1cc(CNCC[C@@]2(c3ccccn3)CCOC3(CCCC3)C2)cnc1C#N. The third kappa shape index (κ3) is 4.21. The summed E-state index contributed by atoms with van der Waals surface area (Å²) in [5.74, 6) is 0. The molecule has 30 heavy (non-hydrogen) atoms. The minimum Gasteiger partial charge on any atom is -0.375 e. The fraction of sp³-hybridized carbons (Fsp3) is 0.500. The van der Waals surface area contributed by atoms with E-state index in [1.165, 1.54) is 18.5 Å². The van der Waals surface area contributed by atoms with Gasteiger partial charge >= 0.3 is 0 Å². The number of ether oxygens (including phenoxy) is 1. The second-order valence-corrected chi connectivity index (χ2v) is 8.55. The van der Waals surface area contributed by atoms with E-state index in [-0.39, 0.29) is 16.7 Å². The van der Waals surface area contributed by atoms with Gasteiger partial charge in [0, 0.05) is 36.7 Å². The molecule has 1 aliphatic carbocycles. The Morgan fingerprint density at radius 2 is 1.97 bits per heavy atom. The molecule has 2 aromatic heterocycles. The molecule has 0 aromatic carbocycles. The molecule has 1 saturated heterocycles. The zero-order valence-corrected chi connectivity index (χ0v) is 17.2. The van der Waals surface area contributed by atoms with Crippen molar-refractivity contribution in [1.82, 2.24) is 15.3 Å². The van der Waals surface area contributed by atoms with Crippen LogP contribution in [-0.4, -0.2) is 28.7 Å². The first-order chi connectivity index (χ1) is 14.7. The Labute approximate surface area is 177 Å². The van der Waals surface area contributed by atoms with E-state index >= 15 is 0 Å². The van der Waals surface area contributed by atoms with Crippen LogP contribution in [-0.2, 0) is 16.7 Å². The highest BCUT2D eigenvalue weighted by Crippen LogP contribution is 2.49. The van der Waals surface area contributed by atoms with Gasteiger partial charge in [-0.3, -0.25) is 4.98 Å². The maximum absolute atomic E-state index is 9.20. The molecule has 2 fully saturated rings. The Morgan fingerprint density at radius 3 is 2.70 bits per heavy atom. The summed E-state index contributed by atoms with van der Waals surface area (Å²) in [7, 11) is 0. The first kappa shape index (κ1) is 20.5. The van der Waals surface area contributed by atoms with E-state index in [9.17, 15) is 5.26 Å². The Hall–Kier alpha value is -2.80. The molecule has 0 amide bonds. The van der Waals surface area contributed by atoms with Crippen molar-refractivity contribution in [2.75, 3.05) is 13.2 Å². The van der Waals surface area contributed by atoms with Crippen molar-refractivity contribution >= 4 is 0 Å². The van der Waals surface area contributed by atoms with Crippen LogP contribution in [0.15, 0.2) is 36.7 Å². The van der Waals surface area contributed by atoms with E-state index in [0.717, 1.165) is 50.8 Å². The van der Waals surface area contributed by atoms with Gasteiger partial charge in [0.05, 0.1) is 11.2 Å². The average molecular weight is 402 g/mol. The third-order valence-electron chi connectivity index (χ3n) is 6.65. The number of nitrogens with one attached hydrogen (secondary N) is 1. The summed E-state index contributed by atoms with van der Waals surface area (Å²) in [5.41, 5.74) is 2.64. The Kier molecular flexibility index (Phi) is 6.08. The van der Waals surface area contributed by atoms with Crippen LogP contribution >= 0.6 is 0 Å². The Balaban J connectivity index is 1.45. The van der Waals surface area contributed by atoms with Crippen molar-refractivity contribution in [3.05, 3.63) is 59.2 Å². The molecule has 2 aliphatic rings. The lowest BCUT2D eigenvalue weighted by atomic mass is 9.68. The first-order valence-electron chi connectivity index (χ1n) is 10.7. The normalized spacial score (nSPS) is 22.5. The summed E-state index contributed by atoms with van der Waals surface area (Å²) in [4.78, 5) is 8.84. The van der Waals surface area contributed by atoms with Crippen molar-refractivity contribution in [1.29, 1.82) is 10.5 Å². The van der Waals surface area contributed by atoms with Crippen LogP contribution in [0.4, 0.5) is 0 Å². The van der Waals surface area contributed by atoms with E-state index < -0.39 is 0 Å². The van der Waals surface area contributed by atoms with Gasteiger partial charge in [-0.05, 0) is 62.4 Å². The molecular formula is C24H27N5O. The van der Waals surface area contributed by atoms with E-state index in [0.29, 0.717) is 12.1 Å². The van der Waals surface area contributed by atoms with Gasteiger partial charge in [-0.25, -0.2) is 4.98 Å². The molecule has 4 rings (SSSR count). The lowest BCUT2D eigenvalue weighted by Gasteiger charge is -2.46. The zero-order valence-electron chi connectivity index (χ0n) is 17.2. The quantitative estimate of drug-likeness (QED) is 0.741. The van der Waals surface area contributed by atoms with Crippen LogP contribution in [0, 0.1) is 22.7 Å². The smallest absolute Gasteiger partial charge is 0.158 e. The summed E-state index contributed by atoms with van der Waals surface area (Å²) in [5, 5.41) is 21.7. The molecule has 1 N–H and O–H groups in total. The molecule has 154 valence electrons. The van der Waals surface area contributed by atoms with Gasteiger partial charge in [0.2, 0.25) is 0 Å². The molecule has 6 heteroatoms. The molecule has 0 unspecified atom stereocenters. The zero-order chi connectivity index (χ0) is 20.9. The van der Waals surface area contributed by atoms with Gasteiger partial charge in [0.1, 0.15) is 12.1 Å². The highest BCUT2D eigenvalue weighted by Gasteiger charge is 2.48. The number of hydrogen-bond acceptors (Lipinski definition) is 6. The van der Waals surface area contributed by atoms with Crippen molar-refractivity contribution in [3.8, 4) is 12.1 Å². The van der Waals surface area contributed by atoms with Gasteiger partial charge in [0.15, 0.2) is 5.69 Å². The number of aromatic nitrogens is 2. The fourth-order valence-electron chi connectivity index (χ4n) is 5.14. The highest BCUT2D eigenvalue weighted by atomic mass is 16.5. The summed E-state index contributed by atoms with van der Waals surface area (Å²) in [6, 6.07) is 12.0. The maximum atomic E-state index is 9.20.